The SMILES string of the molecule is O=C(c1cn(CCOc2ccc(F)cc2)c2ccccc12)C1CC1. The van der Waals surface area contributed by atoms with Crippen LogP contribution in [-0.2, 0) is 6.54 Å². The van der Waals surface area contributed by atoms with Crippen LogP contribution in [0.25, 0.3) is 10.9 Å². The molecule has 0 amide bonds. The normalized spacial score (nSPS) is 14.0. The lowest BCUT2D eigenvalue weighted by Crippen LogP contribution is -2.07. The van der Waals surface area contributed by atoms with Crippen LogP contribution in [0.3, 0.4) is 0 Å². The topological polar surface area (TPSA) is 31.2 Å². The molecule has 0 radical (unpaired) electrons. The number of hydrogen-bond donors (Lipinski definition) is 0. The Morgan fingerprint density at radius 2 is 1.88 bits per heavy atom. The largest absolute Gasteiger partial charge is 0.492 e. The second-order valence-electron chi connectivity index (χ2n) is 6.19. The Bertz CT molecular complexity index is 878. The van der Waals surface area contributed by atoms with Crippen LogP contribution in [0.1, 0.15) is 23.2 Å². The summed E-state index contributed by atoms with van der Waals surface area (Å²) in [5.41, 5.74) is 1.86. The van der Waals surface area contributed by atoms with Crippen LogP contribution in [0.2, 0.25) is 0 Å². The quantitative estimate of drug-likeness (QED) is 0.628. The fourth-order valence-electron chi connectivity index (χ4n) is 2.99. The molecule has 0 bridgehead atoms. The maximum Gasteiger partial charge on any atom is 0.168 e. The number of rotatable bonds is 6. The maximum absolute atomic E-state index is 12.9. The maximum atomic E-state index is 12.9. The van der Waals surface area contributed by atoms with Gasteiger partial charge < -0.3 is 9.30 Å². The van der Waals surface area contributed by atoms with Gasteiger partial charge in [-0.15, -0.1) is 0 Å². The molecule has 1 saturated carbocycles. The third kappa shape index (κ3) is 2.92. The Morgan fingerprint density at radius 1 is 1.12 bits per heavy atom. The van der Waals surface area contributed by atoms with Gasteiger partial charge in [0.05, 0.1) is 6.54 Å². The average Bonchev–Trinajstić information content (AvgIpc) is 3.39. The number of ketones is 1. The summed E-state index contributed by atoms with van der Waals surface area (Å²) in [4.78, 5) is 12.5. The molecule has 0 aliphatic heterocycles. The number of Topliss-reactive ketones (excluding diaryl/α,β-unsaturated/α-hetero) is 1. The van der Waals surface area contributed by atoms with E-state index in [9.17, 15) is 9.18 Å². The molecule has 0 atom stereocenters. The van der Waals surface area contributed by atoms with Crippen LogP contribution in [0, 0.1) is 11.7 Å². The molecule has 0 N–H and O–H groups in total. The van der Waals surface area contributed by atoms with Gasteiger partial charge in [0.2, 0.25) is 0 Å². The first kappa shape index (κ1) is 14.9. The van der Waals surface area contributed by atoms with Gasteiger partial charge in [0.15, 0.2) is 5.78 Å². The van der Waals surface area contributed by atoms with Crippen LogP contribution in [0.4, 0.5) is 4.39 Å². The number of aromatic nitrogens is 1. The zero-order chi connectivity index (χ0) is 16.5. The lowest BCUT2D eigenvalue weighted by molar-refractivity contribution is 0.0969. The minimum Gasteiger partial charge on any atom is -0.492 e. The molecular formula is C20H18FNO2. The van der Waals surface area contributed by atoms with Crippen LogP contribution in [0.15, 0.2) is 54.7 Å². The van der Waals surface area contributed by atoms with E-state index in [0.29, 0.717) is 18.9 Å². The number of ether oxygens (including phenoxy) is 1. The summed E-state index contributed by atoms with van der Waals surface area (Å²) in [5.74, 6) is 0.827. The van der Waals surface area contributed by atoms with Gasteiger partial charge in [0, 0.05) is 28.6 Å². The molecular weight excluding hydrogens is 305 g/mol. The van der Waals surface area contributed by atoms with Crippen molar-refractivity contribution in [1.29, 1.82) is 0 Å². The zero-order valence-electron chi connectivity index (χ0n) is 13.2. The van der Waals surface area contributed by atoms with Crippen LogP contribution in [-0.4, -0.2) is 17.0 Å². The molecule has 4 heteroatoms. The van der Waals surface area contributed by atoms with Gasteiger partial charge >= 0.3 is 0 Å². The molecule has 1 heterocycles. The number of benzene rings is 2. The average molecular weight is 323 g/mol. The van der Waals surface area contributed by atoms with Gasteiger partial charge in [-0.3, -0.25) is 4.79 Å². The van der Waals surface area contributed by atoms with Crippen molar-refractivity contribution in [2.45, 2.75) is 19.4 Å². The monoisotopic (exact) mass is 323 g/mol. The van der Waals surface area contributed by atoms with Crippen molar-refractivity contribution in [3.63, 3.8) is 0 Å². The predicted molar refractivity (Wildman–Crippen MR) is 90.9 cm³/mol. The highest BCUT2D eigenvalue weighted by Crippen LogP contribution is 2.35. The Balaban J connectivity index is 1.53. The van der Waals surface area contributed by atoms with E-state index in [2.05, 4.69) is 4.57 Å². The van der Waals surface area contributed by atoms with E-state index >= 15 is 0 Å². The molecule has 2 aromatic carbocycles. The number of para-hydroxylation sites is 1. The zero-order valence-corrected chi connectivity index (χ0v) is 13.2. The Labute approximate surface area is 139 Å². The highest BCUT2D eigenvalue weighted by atomic mass is 19.1. The minimum absolute atomic E-state index is 0.208. The second-order valence-corrected chi connectivity index (χ2v) is 6.19. The molecule has 1 aromatic heterocycles. The molecule has 3 aromatic rings. The summed E-state index contributed by atoms with van der Waals surface area (Å²) >= 11 is 0. The van der Waals surface area contributed by atoms with Gasteiger partial charge in [0.1, 0.15) is 18.2 Å². The van der Waals surface area contributed by atoms with Crippen molar-refractivity contribution in [1.82, 2.24) is 4.57 Å². The molecule has 1 aliphatic rings. The minimum atomic E-state index is -0.276. The van der Waals surface area contributed by atoms with Gasteiger partial charge in [-0.05, 0) is 43.2 Å². The van der Waals surface area contributed by atoms with E-state index in [1.54, 1.807) is 12.1 Å². The molecule has 0 unspecified atom stereocenters. The number of carbonyl (C=O) groups excluding carboxylic acids is 1. The van der Waals surface area contributed by atoms with Crippen molar-refractivity contribution in [2.75, 3.05) is 6.61 Å². The fourth-order valence-corrected chi connectivity index (χ4v) is 2.99. The Kier molecular flexibility index (Phi) is 3.81. The molecule has 4 rings (SSSR count). The van der Waals surface area contributed by atoms with E-state index in [-0.39, 0.29) is 17.5 Å². The van der Waals surface area contributed by atoms with Gasteiger partial charge in [0.25, 0.3) is 0 Å². The first-order chi connectivity index (χ1) is 11.7. The molecule has 1 aliphatic carbocycles. The van der Waals surface area contributed by atoms with Gasteiger partial charge in [-0.1, -0.05) is 18.2 Å². The number of hydrogen-bond acceptors (Lipinski definition) is 2. The highest BCUT2D eigenvalue weighted by Gasteiger charge is 2.32. The lowest BCUT2D eigenvalue weighted by Gasteiger charge is -2.08. The molecule has 24 heavy (non-hydrogen) atoms. The summed E-state index contributed by atoms with van der Waals surface area (Å²) in [6.07, 6.45) is 3.96. The summed E-state index contributed by atoms with van der Waals surface area (Å²) in [6, 6.07) is 14.0. The number of nitrogens with zero attached hydrogens (tertiary/aromatic N) is 1. The standard InChI is InChI=1S/C20H18FNO2/c21-15-7-9-16(10-8-15)24-12-11-22-13-18(20(23)14-5-6-14)17-3-1-2-4-19(17)22/h1-4,7-10,13-14H,5-6,11-12H2. The molecule has 3 nitrogen and oxygen atoms in total. The van der Waals surface area contributed by atoms with E-state index < -0.39 is 0 Å². The van der Waals surface area contributed by atoms with Crippen molar-refractivity contribution in [2.24, 2.45) is 5.92 Å². The van der Waals surface area contributed by atoms with Crippen molar-refractivity contribution in [3.05, 3.63) is 66.1 Å². The first-order valence-corrected chi connectivity index (χ1v) is 8.23. The lowest BCUT2D eigenvalue weighted by atomic mass is 10.1. The van der Waals surface area contributed by atoms with E-state index in [1.165, 1.54) is 12.1 Å². The predicted octanol–water partition coefficient (Wildman–Crippen LogP) is 4.45. The molecule has 1 fully saturated rings. The van der Waals surface area contributed by atoms with E-state index in [4.69, 9.17) is 4.74 Å². The number of carbonyl (C=O) groups is 1. The highest BCUT2D eigenvalue weighted by molar-refractivity contribution is 6.09. The third-order valence-corrected chi connectivity index (χ3v) is 4.42. The summed E-state index contributed by atoms with van der Waals surface area (Å²) in [7, 11) is 0. The molecule has 122 valence electrons. The second kappa shape index (κ2) is 6.11. The Hall–Kier alpha value is -2.62. The first-order valence-electron chi connectivity index (χ1n) is 8.23. The summed E-state index contributed by atoms with van der Waals surface area (Å²) < 4.78 is 20.6. The Morgan fingerprint density at radius 3 is 2.62 bits per heavy atom. The van der Waals surface area contributed by atoms with Gasteiger partial charge in [-0.2, -0.15) is 0 Å². The van der Waals surface area contributed by atoms with Crippen molar-refractivity contribution in [3.8, 4) is 5.75 Å². The van der Waals surface area contributed by atoms with E-state index in [1.807, 2.05) is 30.5 Å². The smallest absolute Gasteiger partial charge is 0.168 e. The van der Waals surface area contributed by atoms with Crippen molar-refractivity contribution >= 4 is 16.7 Å². The van der Waals surface area contributed by atoms with Crippen molar-refractivity contribution < 1.29 is 13.9 Å². The number of halogens is 1. The molecule has 0 saturated heterocycles. The fraction of sp³-hybridized carbons (Fsp3) is 0.250. The van der Waals surface area contributed by atoms with Crippen LogP contribution in [0.5, 0.6) is 5.75 Å². The summed E-state index contributed by atoms with van der Waals surface area (Å²) in [6.45, 7) is 1.09. The number of fused-ring (bicyclic) bond motifs is 1. The molecule has 0 spiro atoms. The third-order valence-electron chi connectivity index (χ3n) is 4.42. The summed E-state index contributed by atoms with van der Waals surface area (Å²) in [5, 5.41) is 1.01. The van der Waals surface area contributed by atoms with Crippen LogP contribution < -0.4 is 4.74 Å². The van der Waals surface area contributed by atoms with E-state index in [0.717, 1.165) is 29.3 Å². The van der Waals surface area contributed by atoms with Gasteiger partial charge in [-0.25, -0.2) is 4.39 Å². The van der Waals surface area contributed by atoms with Crippen LogP contribution >= 0.6 is 0 Å².